The largest absolute Gasteiger partial charge is 0.403 e. The van der Waals surface area contributed by atoms with E-state index >= 15 is 0 Å². The Kier molecular flexibility index (Phi) is 2.06. The standard InChI is InChI=1S/C6H6F6O/c7-5(8,9)4(6(10,11)12)1-3(4)2-13/h3,13H,1-2H2. The molecule has 1 fully saturated rings. The van der Waals surface area contributed by atoms with Crippen LogP contribution in [0.2, 0.25) is 0 Å². The molecule has 0 bridgehead atoms. The third-order valence-electron chi connectivity index (χ3n) is 2.34. The van der Waals surface area contributed by atoms with Crippen LogP contribution in [0, 0.1) is 11.3 Å². The molecule has 0 aromatic rings. The van der Waals surface area contributed by atoms with Gasteiger partial charge in [-0.25, -0.2) is 0 Å². The average molecular weight is 208 g/mol. The van der Waals surface area contributed by atoms with Gasteiger partial charge in [-0.1, -0.05) is 0 Å². The summed E-state index contributed by atoms with van der Waals surface area (Å²) in [6.07, 6.45) is -11.7. The van der Waals surface area contributed by atoms with Gasteiger partial charge in [0.2, 0.25) is 0 Å². The first-order valence-corrected chi connectivity index (χ1v) is 3.41. The van der Waals surface area contributed by atoms with E-state index in [4.69, 9.17) is 5.11 Å². The number of alkyl halides is 6. The summed E-state index contributed by atoms with van der Waals surface area (Å²) in [6, 6.07) is 0. The van der Waals surface area contributed by atoms with E-state index in [0.717, 1.165) is 0 Å². The molecule has 0 amide bonds. The molecule has 1 aliphatic carbocycles. The van der Waals surface area contributed by atoms with Crippen molar-refractivity contribution >= 4 is 0 Å². The van der Waals surface area contributed by atoms with E-state index in [1.807, 2.05) is 0 Å². The Morgan fingerprint density at radius 1 is 1.08 bits per heavy atom. The molecular formula is C6H6F6O. The molecule has 1 saturated carbocycles. The number of halogens is 6. The zero-order chi connectivity index (χ0) is 10.5. The maximum absolute atomic E-state index is 12.0. The molecule has 0 aliphatic heterocycles. The summed E-state index contributed by atoms with van der Waals surface area (Å²) in [6.45, 7) is -1.08. The highest BCUT2D eigenvalue weighted by molar-refractivity contribution is 5.11. The van der Waals surface area contributed by atoms with Crippen LogP contribution < -0.4 is 0 Å². The molecule has 1 unspecified atom stereocenters. The fraction of sp³-hybridized carbons (Fsp3) is 1.00. The Bertz CT molecular complexity index is 190. The molecule has 78 valence electrons. The Morgan fingerprint density at radius 3 is 1.54 bits per heavy atom. The molecule has 1 aliphatic rings. The van der Waals surface area contributed by atoms with E-state index in [0.29, 0.717) is 0 Å². The monoisotopic (exact) mass is 208 g/mol. The number of aliphatic hydroxyl groups excluding tert-OH is 1. The summed E-state index contributed by atoms with van der Waals surface area (Å²) in [7, 11) is 0. The van der Waals surface area contributed by atoms with Crippen molar-refractivity contribution in [3.05, 3.63) is 0 Å². The average Bonchev–Trinajstić information content (AvgIpc) is 2.57. The van der Waals surface area contributed by atoms with Crippen LogP contribution in [0.4, 0.5) is 26.3 Å². The van der Waals surface area contributed by atoms with Gasteiger partial charge in [0.05, 0.1) is 0 Å². The molecule has 1 nitrogen and oxygen atoms in total. The summed E-state index contributed by atoms with van der Waals surface area (Å²) >= 11 is 0. The van der Waals surface area contributed by atoms with Crippen molar-refractivity contribution in [3.63, 3.8) is 0 Å². The number of hydrogen-bond donors (Lipinski definition) is 1. The molecule has 7 heteroatoms. The van der Waals surface area contributed by atoms with Gasteiger partial charge >= 0.3 is 12.4 Å². The Hall–Kier alpha value is -0.460. The molecule has 0 spiro atoms. The highest BCUT2D eigenvalue weighted by Gasteiger charge is 2.83. The minimum atomic E-state index is -5.32. The number of aliphatic hydroxyl groups is 1. The fourth-order valence-corrected chi connectivity index (χ4v) is 1.41. The van der Waals surface area contributed by atoms with E-state index < -0.39 is 36.7 Å². The zero-order valence-corrected chi connectivity index (χ0v) is 6.21. The smallest absolute Gasteiger partial charge is 0.396 e. The van der Waals surface area contributed by atoms with Crippen molar-refractivity contribution in [1.29, 1.82) is 0 Å². The lowest BCUT2D eigenvalue weighted by Crippen LogP contribution is -2.40. The predicted molar refractivity (Wildman–Crippen MR) is 29.7 cm³/mol. The summed E-state index contributed by atoms with van der Waals surface area (Å²) < 4.78 is 72.0. The van der Waals surface area contributed by atoms with E-state index in [-0.39, 0.29) is 0 Å². The fourth-order valence-electron chi connectivity index (χ4n) is 1.41. The summed E-state index contributed by atoms with van der Waals surface area (Å²) in [5, 5.41) is 8.27. The van der Waals surface area contributed by atoms with Crippen LogP contribution >= 0.6 is 0 Å². The minimum Gasteiger partial charge on any atom is -0.396 e. The quantitative estimate of drug-likeness (QED) is 0.654. The second-order valence-corrected chi connectivity index (χ2v) is 3.05. The highest BCUT2D eigenvalue weighted by Crippen LogP contribution is 2.69. The minimum absolute atomic E-state index is 1.06. The van der Waals surface area contributed by atoms with E-state index in [1.165, 1.54) is 0 Å². The van der Waals surface area contributed by atoms with Crippen molar-refractivity contribution in [3.8, 4) is 0 Å². The van der Waals surface area contributed by atoms with Gasteiger partial charge in [0.1, 0.15) is 0 Å². The third kappa shape index (κ3) is 1.29. The van der Waals surface area contributed by atoms with Crippen molar-refractivity contribution in [2.75, 3.05) is 6.61 Å². The van der Waals surface area contributed by atoms with Gasteiger partial charge < -0.3 is 5.11 Å². The van der Waals surface area contributed by atoms with Crippen molar-refractivity contribution in [2.45, 2.75) is 18.8 Å². The van der Waals surface area contributed by atoms with Crippen LogP contribution in [0.3, 0.4) is 0 Å². The van der Waals surface area contributed by atoms with Gasteiger partial charge in [0.15, 0.2) is 5.41 Å². The molecule has 0 aromatic carbocycles. The first kappa shape index (κ1) is 10.6. The van der Waals surface area contributed by atoms with Gasteiger partial charge in [-0.05, 0) is 6.42 Å². The van der Waals surface area contributed by atoms with Crippen LogP contribution in [0.1, 0.15) is 6.42 Å². The first-order chi connectivity index (χ1) is 5.67. The first-order valence-electron chi connectivity index (χ1n) is 3.41. The highest BCUT2D eigenvalue weighted by atomic mass is 19.4. The van der Waals surface area contributed by atoms with Gasteiger partial charge in [-0.15, -0.1) is 0 Å². The molecular weight excluding hydrogens is 202 g/mol. The van der Waals surface area contributed by atoms with Crippen molar-refractivity contribution < 1.29 is 31.4 Å². The van der Waals surface area contributed by atoms with E-state index in [1.54, 1.807) is 0 Å². The van der Waals surface area contributed by atoms with Crippen LogP contribution in [0.25, 0.3) is 0 Å². The predicted octanol–water partition coefficient (Wildman–Crippen LogP) is 2.11. The zero-order valence-electron chi connectivity index (χ0n) is 6.21. The lowest BCUT2D eigenvalue weighted by Gasteiger charge is -2.23. The van der Waals surface area contributed by atoms with Gasteiger partial charge in [-0.2, -0.15) is 26.3 Å². The molecule has 1 rings (SSSR count). The summed E-state index contributed by atoms with van der Waals surface area (Å²) in [5.41, 5.74) is -3.66. The van der Waals surface area contributed by atoms with Crippen LogP contribution in [0.15, 0.2) is 0 Å². The Morgan fingerprint density at radius 2 is 1.46 bits per heavy atom. The van der Waals surface area contributed by atoms with Gasteiger partial charge in [-0.3, -0.25) is 0 Å². The van der Waals surface area contributed by atoms with Crippen LogP contribution in [-0.2, 0) is 0 Å². The maximum atomic E-state index is 12.0. The van der Waals surface area contributed by atoms with Crippen LogP contribution in [0.5, 0.6) is 0 Å². The summed E-state index contributed by atoms with van der Waals surface area (Å²) in [5.74, 6) is -1.73. The normalized spacial score (nSPS) is 27.5. The SMILES string of the molecule is OCC1CC1(C(F)(F)F)C(F)(F)F. The Balaban J connectivity index is 2.95. The maximum Gasteiger partial charge on any atom is 0.403 e. The lowest BCUT2D eigenvalue weighted by molar-refractivity contribution is -0.306. The lowest BCUT2D eigenvalue weighted by atomic mass is 10.0. The molecule has 1 atom stereocenters. The molecule has 0 radical (unpaired) electrons. The molecule has 13 heavy (non-hydrogen) atoms. The third-order valence-corrected chi connectivity index (χ3v) is 2.34. The van der Waals surface area contributed by atoms with Gasteiger partial charge in [0.25, 0.3) is 0 Å². The number of hydrogen-bond acceptors (Lipinski definition) is 1. The Labute approximate surface area is 69.3 Å². The topological polar surface area (TPSA) is 20.2 Å². The second kappa shape index (κ2) is 2.52. The van der Waals surface area contributed by atoms with Crippen LogP contribution in [-0.4, -0.2) is 24.1 Å². The molecule has 0 aromatic heterocycles. The summed E-state index contributed by atoms with van der Waals surface area (Å²) in [4.78, 5) is 0. The van der Waals surface area contributed by atoms with Crippen molar-refractivity contribution in [2.24, 2.45) is 11.3 Å². The molecule has 0 heterocycles. The number of rotatable bonds is 1. The molecule has 1 N–H and O–H groups in total. The van der Waals surface area contributed by atoms with Crippen molar-refractivity contribution in [1.82, 2.24) is 0 Å². The van der Waals surface area contributed by atoms with Gasteiger partial charge in [0, 0.05) is 12.5 Å². The van der Waals surface area contributed by atoms with E-state index in [2.05, 4.69) is 0 Å². The second-order valence-electron chi connectivity index (χ2n) is 3.05. The molecule has 0 saturated heterocycles. The van der Waals surface area contributed by atoms with E-state index in [9.17, 15) is 26.3 Å².